The van der Waals surface area contributed by atoms with E-state index in [1.807, 2.05) is 86.2 Å². The monoisotopic (exact) mass is 409 g/mol. The highest BCUT2D eigenvalue weighted by molar-refractivity contribution is 7.85. The van der Waals surface area contributed by atoms with Crippen molar-refractivity contribution in [3.8, 4) is 22.4 Å². The molecule has 0 aliphatic carbocycles. The first-order valence-electron chi connectivity index (χ1n) is 9.04. The molecule has 0 saturated carbocycles. The third kappa shape index (κ3) is 3.48. The van der Waals surface area contributed by atoms with Gasteiger partial charge in [0.05, 0.1) is 27.7 Å². The molecule has 0 spiro atoms. The van der Waals surface area contributed by atoms with Gasteiger partial charge in [-0.2, -0.15) is 0 Å². The molecule has 0 aliphatic heterocycles. The second-order valence-electron chi connectivity index (χ2n) is 6.97. The van der Waals surface area contributed by atoms with Crippen molar-refractivity contribution in [3.05, 3.63) is 71.8 Å². The molecule has 0 radical (unpaired) electrons. The van der Waals surface area contributed by atoms with E-state index < -0.39 is 10.8 Å². The molecular weight excluding hydrogens is 390 g/mol. The molecule has 0 aliphatic rings. The van der Waals surface area contributed by atoms with Gasteiger partial charge in [0.2, 0.25) is 0 Å². The van der Waals surface area contributed by atoms with Gasteiger partial charge in [-0.05, 0) is 31.2 Å². The molecule has 4 rings (SSSR count). The van der Waals surface area contributed by atoms with Crippen LogP contribution in [0.15, 0.2) is 66.0 Å². The fourth-order valence-corrected chi connectivity index (χ4v) is 4.29. The number of imidazole rings is 1. The SMILES string of the molecule is Cc1ccc(-c2cc(Cl)c3ncc(-c4ccc(S(=O)C(C)C)cc4)n3c2)cn1. The minimum atomic E-state index is -1.00. The van der Waals surface area contributed by atoms with Gasteiger partial charge in [0.15, 0.2) is 5.65 Å². The van der Waals surface area contributed by atoms with Crippen molar-refractivity contribution in [1.82, 2.24) is 14.4 Å². The lowest BCUT2D eigenvalue weighted by Gasteiger charge is -2.09. The summed E-state index contributed by atoms with van der Waals surface area (Å²) in [5.74, 6) is 0. The quantitative estimate of drug-likeness (QED) is 0.444. The van der Waals surface area contributed by atoms with Crippen LogP contribution in [0.1, 0.15) is 19.5 Å². The minimum Gasteiger partial charge on any atom is -0.298 e. The summed E-state index contributed by atoms with van der Waals surface area (Å²) in [4.78, 5) is 9.69. The maximum Gasteiger partial charge on any atom is 0.156 e. The third-order valence-corrected chi connectivity index (χ3v) is 6.49. The van der Waals surface area contributed by atoms with E-state index in [1.54, 1.807) is 0 Å². The highest BCUT2D eigenvalue weighted by Gasteiger charge is 2.13. The molecule has 3 aromatic heterocycles. The number of fused-ring (bicyclic) bond motifs is 1. The molecule has 0 bridgehead atoms. The number of hydrogen-bond donors (Lipinski definition) is 0. The first-order chi connectivity index (χ1) is 13.4. The number of pyridine rings is 2. The molecule has 0 amide bonds. The molecular formula is C22H20ClN3OS. The summed E-state index contributed by atoms with van der Waals surface area (Å²) in [6, 6.07) is 13.7. The Hall–Kier alpha value is -2.50. The van der Waals surface area contributed by atoms with Crippen molar-refractivity contribution in [2.45, 2.75) is 30.9 Å². The van der Waals surface area contributed by atoms with Crippen LogP contribution >= 0.6 is 11.6 Å². The van der Waals surface area contributed by atoms with Gasteiger partial charge in [0.1, 0.15) is 0 Å². The van der Waals surface area contributed by atoms with Gasteiger partial charge in [0, 0.05) is 44.9 Å². The van der Waals surface area contributed by atoms with E-state index in [1.165, 1.54) is 0 Å². The Kier molecular flexibility index (Phi) is 5.04. The molecule has 1 unspecified atom stereocenters. The Labute approximate surface area is 171 Å². The molecule has 6 heteroatoms. The van der Waals surface area contributed by atoms with E-state index in [2.05, 4.69) is 9.97 Å². The molecule has 142 valence electrons. The molecule has 0 N–H and O–H groups in total. The van der Waals surface area contributed by atoms with Gasteiger partial charge in [-0.1, -0.05) is 43.6 Å². The number of nitrogens with zero attached hydrogens (tertiary/aromatic N) is 3. The van der Waals surface area contributed by atoms with Gasteiger partial charge in [-0.3, -0.25) is 13.6 Å². The first kappa shape index (κ1) is 18.8. The van der Waals surface area contributed by atoms with E-state index >= 15 is 0 Å². The molecule has 0 fully saturated rings. The minimum absolute atomic E-state index is 0.0890. The summed E-state index contributed by atoms with van der Waals surface area (Å²) < 4.78 is 14.3. The average molecular weight is 410 g/mol. The van der Waals surface area contributed by atoms with E-state index in [0.29, 0.717) is 10.7 Å². The summed E-state index contributed by atoms with van der Waals surface area (Å²) in [7, 11) is -1.00. The molecule has 0 saturated heterocycles. The normalized spacial score (nSPS) is 12.6. The predicted octanol–water partition coefficient (Wildman–Crippen LogP) is 5.54. The fraction of sp³-hybridized carbons (Fsp3) is 0.182. The van der Waals surface area contributed by atoms with Gasteiger partial charge < -0.3 is 0 Å². The van der Waals surface area contributed by atoms with Crippen molar-refractivity contribution in [1.29, 1.82) is 0 Å². The van der Waals surface area contributed by atoms with E-state index in [9.17, 15) is 4.21 Å². The van der Waals surface area contributed by atoms with Crippen molar-refractivity contribution < 1.29 is 4.21 Å². The van der Waals surface area contributed by atoms with Gasteiger partial charge in [0.25, 0.3) is 0 Å². The van der Waals surface area contributed by atoms with Crippen LogP contribution in [0.3, 0.4) is 0 Å². The van der Waals surface area contributed by atoms with Gasteiger partial charge in [-0.15, -0.1) is 0 Å². The zero-order valence-electron chi connectivity index (χ0n) is 15.9. The van der Waals surface area contributed by atoms with E-state index in [4.69, 9.17) is 11.6 Å². The predicted molar refractivity (Wildman–Crippen MR) is 115 cm³/mol. The summed E-state index contributed by atoms with van der Waals surface area (Å²) in [6.07, 6.45) is 5.68. The molecule has 3 heterocycles. The van der Waals surface area contributed by atoms with Crippen molar-refractivity contribution in [3.63, 3.8) is 0 Å². The Morgan fingerprint density at radius 1 is 0.964 bits per heavy atom. The standard InChI is InChI=1S/C22H20ClN3OS/c1-14(2)28(27)19-8-6-16(7-9-19)21-12-25-22-20(23)10-18(13-26(21)22)17-5-4-15(3)24-11-17/h4-14H,1-3H3. The molecule has 4 nitrogen and oxygen atoms in total. The number of halogens is 1. The van der Waals surface area contributed by atoms with Gasteiger partial charge in [-0.25, -0.2) is 4.98 Å². The first-order valence-corrected chi connectivity index (χ1v) is 10.6. The largest absolute Gasteiger partial charge is 0.298 e. The Bertz CT molecular complexity index is 1170. The highest BCUT2D eigenvalue weighted by atomic mass is 35.5. The summed E-state index contributed by atoms with van der Waals surface area (Å²) in [5, 5.41) is 0.674. The zero-order chi connectivity index (χ0) is 19.8. The van der Waals surface area contributed by atoms with Crippen molar-refractivity contribution >= 4 is 28.0 Å². The van der Waals surface area contributed by atoms with E-state index in [0.717, 1.165) is 33.0 Å². The number of rotatable bonds is 4. The topological polar surface area (TPSA) is 47.3 Å². The number of aromatic nitrogens is 3. The van der Waals surface area contributed by atoms with Crippen LogP contribution in [-0.2, 0) is 10.8 Å². The summed E-state index contributed by atoms with van der Waals surface area (Å²) >= 11 is 6.50. The number of hydrogen-bond acceptors (Lipinski definition) is 3. The smallest absolute Gasteiger partial charge is 0.156 e. The summed E-state index contributed by atoms with van der Waals surface area (Å²) in [5.41, 5.74) is 5.57. The van der Waals surface area contributed by atoms with Crippen LogP contribution < -0.4 is 0 Å². The lowest BCUT2D eigenvalue weighted by atomic mass is 10.1. The van der Waals surface area contributed by atoms with Gasteiger partial charge >= 0.3 is 0 Å². The molecule has 28 heavy (non-hydrogen) atoms. The lowest BCUT2D eigenvalue weighted by Crippen LogP contribution is -2.05. The number of benzene rings is 1. The second kappa shape index (κ2) is 7.49. The lowest BCUT2D eigenvalue weighted by molar-refractivity contribution is 0.677. The van der Waals surface area contributed by atoms with E-state index in [-0.39, 0.29) is 5.25 Å². The maximum atomic E-state index is 12.3. The average Bonchev–Trinajstić information content (AvgIpc) is 3.12. The van der Waals surface area contributed by atoms with Crippen molar-refractivity contribution in [2.75, 3.05) is 0 Å². The fourth-order valence-electron chi connectivity index (χ4n) is 3.09. The second-order valence-corrected chi connectivity index (χ2v) is 9.39. The van der Waals surface area contributed by atoms with Crippen LogP contribution in [0.25, 0.3) is 28.0 Å². The Balaban J connectivity index is 1.80. The highest BCUT2D eigenvalue weighted by Crippen LogP contribution is 2.30. The Morgan fingerprint density at radius 3 is 2.32 bits per heavy atom. The number of aryl methyl sites for hydroxylation is 1. The molecule has 1 aromatic carbocycles. The van der Waals surface area contributed by atoms with Crippen LogP contribution in [0.4, 0.5) is 0 Å². The molecule has 1 atom stereocenters. The zero-order valence-corrected chi connectivity index (χ0v) is 17.5. The van der Waals surface area contributed by atoms with Crippen LogP contribution in [0.2, 0.25) is 5.02 Å². The maximum absolute atomic E-state index is 12.3. The third-order valence-electron chi connectivity index (χ3n) is 4.62. The van der Waals surface area contributed by atoms with Crippen LogP contribution in [0, 0.1) is 6.92 Å². The Morgan fingerprint density at radius 2 is 1.68 bits per heavy atom. The van der Waals surface area contributed by atoms with Crippen molar-refractivity contribution in [2.24, 2.45) is 0 Å². The van der Waals surface area contributed by atoms with Crippen LogP contribution in [0.5, 0.6) is 0 Å². The molecule has 4 aromatic rings. The summed E-state index contributed by atoms with van der Waals surface area (Å²) in [6.45, 7) is 5.87. The van der Waals surface area contributed by atoms with Crippen LogP contribution in [-0.4, -0.2) is 23.8 Å².